The number of piperazine rings is 1. The fourth-order valence-electron chi connectivity index (χ4n) is 6.32. The average Bonchev–Trinajstić information content (AvgIpc) is 3.13. The first-order chi connectivity index (χ1) is 12.6. The Morgan fingerprint density at radius 3 is 2.12 bits per heavy atom. The molecule has 2 heterocycles. The van der Waals surface area contributed by atoms with Gasteiger partial charge >= 0.3 is 0 Å². The van der Waals surface area contributed by atoms with E-state index in [2.05, 4.69) is 35.5 Å². The lowest BCUT2D eigenvalue weighted by Crippen LogP contribution is -2.49. The molecule has 2 saturated carbocycles. The number of likely N-dealkylation sites (tertiary alicyclic amines) is 1. The highest BCUT2D eigenvalue weighted by atomic mass is 15.3. The lowest BCUT2D eigenvalue weighted by atomic mass is 9.98. The molecular formula is C23H43N3. The standard InChI is InChI=1S/C23H43N3/c1-4-5-6-23(7-8-23)18-25-16-21-13-20(14-22(21)17-25)15-24-9-11-26(12-10-24)19(2)3/h19-22H,4-18H2,1-3H3/t20-,21-,22+. The van der Waals surface area contributed by atoms with Gasteiger partial charge in [0.05, 0.1) is 0 Å². The third kappa shape index (κ3) is 4.47. The van der Waals surface area contributed by atoms with Crippen molar-refractivity contribution < 1.29 is 0 Å². The summed E-state index contributed by atoms with van der Waals surface area (Å²) in [5.74, 6) is 3.05. The molecule has 4 aliphatic rings. The Balaban J connectivity index is 1.17. The lowest BCUT2D eigenvalue weighted by Gasteiger charge is -2.38. The molecule has 0 amide bonds. The minimum absolute atomic E-state index is 0.723. The van der Waals surface area contributed by atoms with Crippen LogP contribution in [0, 0.1) is 23.2 Å². The molecule has 2 aliphatic heterocycles. The van der Waals surface area contributed by atoms with Crippen LogP contribution in [-0.2, 0) is 0 Å². The molecule has 0 N–H and O–H groups in total. The summed E-state index contributed by atoms with van der Waals surface area (Å²) in [7, 11) is 0. The Labute approximate surface area is 162 Å². The number of fused-ring (bicyclic) bond motifs is 1. The van der Waals surface area contributed by atoms with Crippen molar-refractivity contribution in [1.82, 2.24) is 14.7 Å². The van der Waals surface area contributed by atoms with Crippen molar-refractivity contribution >= 4 is 0 Å². The topological polar surface area (TPSA) is 9.72 Å². The maximum Gasteiger partial charge on any atom is 0.0113 e. The fraction of sp³-hybridized carbons (Fsp3) is 1.00. The number of hydrogen-bond acceptors (Lipinski definition) is 3. The largest absolute Gasteiger partial charge is 0.302 e. The van der Waals surface area contributed by atoms with Crippen LogP contribution in [0.15, 0.2) is 0 Å². The second-order valence-electron chi connectivity index (χ2n) is 10.6. The molecule has 0 aromatic carbocycles. The lowest BCUT2D eigenvalue weighted by molar-refractivity contribution is 0.0953. The zero-order valence-corrected chi connectivity index (χ0v) is 17.8. The summed E-state index contributed by atoms with van der Waals surface area (Å²) in [5.41, 5.74) is 0.754. The molecule has 3 heteroatoms. The smallest absolute Gasteiger partial charge is 0.0113 e. The highest BCUT2D eigenvalue weighted by Gasteiger charge is 2.47. The maximum atomic E-state index is 2.87. The molecule has 0 bridgehead atoms. The molecule has 0 unspecified atom stereocenters. The van der Waals surface area contributed by atoms with Gasteiger partial charge in [0.15, 0.2) is 0 Å². The van der Waals surface area contributed by atoms with E-state index < -0.39 is 0 Å². The predicted octanol–water partition coefficient (Wildman–Crippen LogP) is 3.94. The molecule has 2 aliphatic carbocycles. The number of rotatable bonds is 8. The SMILES string of the molecule is CCCCC1(CN2C[C@H]3C[C@@H](CN4CCN(C(C)C)CC4)C[C@H]3C2)CC1. The van der Waals surface area contributed by atoms with E-state index in [1.165, 1.54) is 97.3 Å². The van der Waals surface area contributed by atoms with Gasteiger partial charge in [0, 0.05) is 58.4 Å². The van der Waals surface area contributed by atoms with E-state index in [9.17, 15) is 0 Å². The molecule has 0 spiro atoms. The van der Waals surface area contributed by atoms with Crippen LogP contribution in [-0.4, -0.2) is 73.1 Å². The van der Waals surface area contributed by atoms with Crippen LogP contribution in [0.4, 0.5) is 0 Å². The van der Waals surface area contributed by atoms with Gasteiger partial charge in [-0.15, -0.1) is 0 Å². The van der Waals surface area contributed by atoms with Gasteiger partial charge in [-0.25, -0.2) is 0 Å². The third-order valence-electron chi connectivity index (χ3n) is 8.15. The van der Waals surface area contributed by atoms with E-state index in [4.69, 9.17) is 0 Å². The average molecular weight is 362 g/mol. The molecule has 4 fully saturated rings. The zero-order valence-electron chi connectivity index (χ0n) is 17.8. The predicted molar refractivity (Wildman–Crippen MR) is 110 cm³/mol. The van der Waals surface area contributed by atoms with Gasteiger partial charge in [0.2, 0.25) is 0 Å². The molecule has 2 saturated heterocycles. The summed E-state index contributed by atoms with van der Waals surface area (Å²) in [6.07, 6.45) is 10.4. The Kier molecular flexibility index (Phi) is 5.98. The molecule has 0 aromatic rings. The summed E-state index contributed by atoms with van der Waals surface area (Å²) in [5, 5.41) is 0. The summed E-state index contributed by atoms with van der Waals surface area (Å²) >= 11 is 0. The van der Waals surface area contributed by atoms with Gasteiger partial charge < -0.3 is 9.80 Å². The second-order valence-corrected chi connectivity index (χ2v) is 10.6. The van der Waals surface area contributed by atoms with Crippen LogP contribution in [0.3, 0.4) is 0 Å². The van der Waals surface area contributed by atoms with Crippen molar-refractivity contribution in [1.29, 1.82) is 0 Å². The maximum absolute atomic E-state index is 2.87. The van der Waals surface area contributed by atoms with E-state index in [0.717, 1.165) is 29.2 Å². The van der Waals surface area contributed by atoms with E-state index in [-0.39, 0.29) is 0 Å². The summed E-state index contributed by atoms with van der Waals surface area (Å²) in [6, 6.07) is 0.723. The van der Waals surface area contributed by atoms with Crippen LogP contribution in [0.1, 0.15) is 65.7 Å². The number of unbranched alkanes of at least 4 members (excludes halogenated alkanes) is 1. The van der Waals surface area contributed by atoms with Gasteiger partial charge in [0.1, 0.15) is 0 Å². The molecule has 3 nitrogen and oxygen atoms in total. The van der Waals surface area contributed by atoms with Crippen LogP contribution in [0.25, 0.3) is 0 Å². The van der Waals surface area contributed by atoms with Crippen molar-refractivity contribution in [2.24, 2.45) is 23.2 Å². The van der Waals surface area contributed by atoms with Crippen molar-refractivity contribution in [3.8, 4) is 0 Å². The van der Waals surface area contributed by atoms with Crippen molar-refractivity contribution in [2.45, 2.75) is 71.8 Å². The molecule has 0 radical (unpaired) electrons. The number of nitrogens with zero attached hydrogens (tertiary/aromatic N) is 3. The van der Waals surface area contributed by atoms with Crippen molar-refractivity contribution in [3.05, 3.63) is 0 Å². The quantitative estimate of drug-likeness (QED) is 0.648. The monoisotopic (exact) mass is 361 g/mol. The molecule has 0 aromatic heterocycles. The summed E-state index contributed by atoms with van der Waals surface area (Å²) < 4.78 is 0. The Morgan fingerprint density at radius 1 is 0.923 bits per heavy atom. The van der Waals surface area contributed by atoms with Gasteiger partial charge in [-0.3, -0.25) is 4.90 Å². The second kappa shape index (κ2) is 8.09. The van der Waals surface area contributed by atoms with E-state index in [0.29, 0.717) is 0 Å². The Bertz CT molecular complexity index is 436. The Morgan fingerprint density at radius 2 is 1.58 bits per heavy atom. The van der Waals surface area contributed by atoms with Crippen molar-refractivity contribution in [2.75, 3.05) is 52.4 Å². The third-order valence-corrected chi connectivity index (χ3v) is 8.15. The number of hydrogen-bond donors (Lipinski definition) is 0. The van der Waals surface area contributed by atoms with Gasteiger partial charge in [0.25, 0.3) is 0 Å². The zero-order chi connectivity index (χ0) is 18.1. The molecular weight excluding hydrogens is 318 g/mol. The van der Waals surface area contributed by atoms with Gasteiger partial charge in [-0.1, -0.05) is 19.8 Å². The fourth-order valence-corrected chi connectivity index (χ4v) is 6.32. The summed E-state index contributed by atoms with van der Waals surface area (Å²) in [6.45, 7) is 17.9. The first-order valence-corrected chi connectivity index (χ1v) is 11.8. The van der Waals surface area contributed by atoms with E-state index in [1.807, 2.05) is 0 Å². The molecule has 150 valence electrons. The highest BCUT2D eigenvalue weighted by Crippen LogP contribution is 2.52. The van der Waals surface area contributed by atoms with E-state index >= 15 is 0 Å². The minimum Gasteiger partial charge on any atom is -0.302 e. The first kappa shape index (κ1) is 19.2. The van der Waals surface area contributed by atoms with Gasteiger partial charge in [-0.05, 0) is 69.1 Å². The van der Waals surface area contributed by atoms with Crippen LogP contribution in [0.2, 0.25) is 0 Å². The Hall–Kier alpha value is -0.120. The highest BCUT2D eigenvalue weighted by molar-refractivity contribution is 5.00. The molecule has 3 atom stereocenters. The van der Waals surface area contributed by atoms with Crippen LogP contribution >= 0.6 is 0 Å². The van der Waals surface area contributed by atoms with Crippen molar-refractivity contribution in [3.63, 3.8) is 0 Å². The van der Waals surface area contributed by atoms with Gasteiger partial charge in [-0.2, -0.15) is 0 Å². The normalized spacial score (nSPS) is 35.3. The van der Waals surface area contributed by atoms with E-state index in [1.54, 1.807) is 0 Å². The first-order valence-electron chi connectivity index (χ1n) is 11.8. The van der Waals surface area contributed by atoms with Crippen LogP contribution < -0.4 is 0 Å². The minimum atomic E-state index is 0.723. The van der Waals surface area contributed by atoms with Crippen LogP contribution in [0.5, 0.6) is 0 Å². The molecule has 26 heavy (non-hydrogen) atoms. The summed E-state index contributed by atoms with van der Waals surface area (Å²) in [4.78, 5) is 8.28. The molecule has 4 rings (SSSR count).